The number of nitrogens with zero attached hydrogens (tertiary/aromatic N) is 1. The van der Waals surface area contributed by atoms with Crippen molar-refractivity contribution in [3.05, 3.63) is 0 Å². The van der Waals surface area contributed by atoms with Crippen LogP contribution in [0.5, 0.6) is 0 Å². The van der Waals surface area contributed by atoms with E-state index in [1.54, 1.807) is 20.8 Å². The van der Waals surface area contributed by atoms with E-state index in [4.69, 9.17) is 5.11 Å². The van der Waals surface area contributed by atoms with Gasteiger partial charge in [0.05, 0.1) is 6.04 Å². The molecule has 0 spiro atoms. The van der Waals surface area contributed by atoms with Gasteiger partial charge >= 0.3 is 12.1 Å². The van der Waals surface area contributed by atoms with Crippen LogP contribution in [0.25, 0.3) is 0 Å². The molecule has 2 atom stereocenters. The second-order valence-electron chi connectivity index (χ2n) is 5.41. The van der Waals surface area contributed by atoms with Crippen molar-refractivity contribution in [1.29, 1.82) is 0 Å². The van der Waals surface area contributed by atoms with E-state index in [-0.39, 0.29) is 12.8 Å². The summed E-state index contributed by atoms with van der Waals surface area (Å²) in [4.78, 5) is 23.5. The van der Waals surface area contributed by atoms with E-state index in [2.05, 4.69) is 0 Å². The number of alkyl halides is 1. The zero-order chi connectivity index (χ0) is 13.4. The predicted molar refractivity (Wildman–Crippen MR) is 58.7 cm³/mol. The Hall–Kier alpha value is -1.33. The number of carboxylic acid groups (broad SMARTS) is 2. The van der Waals surface area contributed by atoms with Crippen molar-refractivity contribution in [2.75, 3.05) is 6.67 Å². The normalized spacial score (nSPS) is 29.4. The summed E-state index contributed by atoms with van der Waals surface area (Å²) in [6.07, 6.45) is -0.985. The Kier molecular flexibility index (Phi) is 3.36. The molecule has 1 aliphatic rings. The summed E-state index contributed by atoms with van der Waals surface area (Å²) in [6, 6.07) is -0.858. The van der Waals surface area contributed by atoms with E-state index in [0.29, 0.717) is 0 Å². The first-order valence-corrected chi connectivity index (χ1v) is 5.50. The summed E-state index contributed by atoms with van der Waals surface area (Å²) in [6.45, 7) is 4.14. The standard InChI is InChI=1S/C11H18FNO4/c1-10(2,3)11(8(14)15)5-4-7(6-12)13(11)9(16)17/h7H,4-6H2,1-3H3,(H,14,15)(H,16,17)/t7-,11+/m0/s1. The number of halogens is 1. The van der Waals surface area contributed by atoms with Crippen molar-refractivity contribution in [2.45, 2.75) is 45.2 Å². The number of rotatable bonds is 2. The third kappa shape index (κ3) is 1.85. The van der Waals surface area contributed by atoms with Crippen molar-refractivity contribution >= 4 is 12.1 Å². The number of hydrogen-bond donors (Lipinski definition) is 2. The molecule has 0 aromatic rings. The van der Waals surface area contributed by atoms with Crippen LogP contribution in [0, 0.1) is 5.41 Å². The number of amides is 1. The van der Waals surface area contributed by atoms with Crippen molar-refractivity contribution in [2.24, 2.45) is 5.41 Å². The first kappa shape index (κ1) is 13.7. The zero-order valence-electron chi connectivity index (χ0n) is 10.2. The minimum atomic E-state index is -1.55. The molecule has 1 rings (SSSR count). The van der Waals surface area contributed by atoms with Gasteiger partial charge in [-0.15, -0.1) is 0 Å². The minimum Gasteiger partial charge on any atom is -0.479 e. The maximum atomic E-state index is 12.8. The monoisotopic (exact) mass is 247 g/mol. The molecule has 0 aromatic carbocycles. The molecule has 0 saturated carbocycles. The number of hydrogen-bond acceptors (Lipinski definition) is 2. The van der Waals surface area contributed by atoms with Crippen molar-refractivity contribution < 1.29 is 24.2 Å². The van der Waals surface area contributed by atoms with Crippen LogP contribution in [-0.2, 0) is 4.79 Å². The Morgan fingerprint density at radius 2 is 1.94 bits per heavy atom. The average Bonchev–Trinajstić information content (AvgIpc) is 2.56. The molecule has 0 unspecified atom stereocenters. The fourth-order valence-electron chi connectivity index (χ4n) is 2.67. The van der Waals surface area contributed by atoms with Crippen LogP contribution >= 0.6 is 0 Å². The van der Waals surface area contributed by atoms with E-state index in [1.807, 2.05) is 0 Å². The molecule has 1 amide bonds. The van der Waals surface area contributed by atoms with Crippen LogP contribution in [0.15, 0.2) is 0 Å². The van der Waals surface area contributed by atoms with Crippen LogP contribution in [0.4, 0.5) is 9.18 Å². The summed E-state index contributed by atoms with van der Waals surface area (Å²) in [5.41, 5.74) is -2.34. The third-order valence-electron chi connectivity index (χ3n) is 3.59. The van der Waals surface area contributed by atoms with Gasteiger partial charge in [0.15, 0.2) is 0 Å². The molecule has 0 aliphatic carbocycles. The molecule has 98 valence electrons. The van der Waals surface area contributed by atoms with Gasteiger partial charge in [-0.05, 0) is 18.3 Å². The maximum absolute atomic E-state index is 12.8. The summed E-state index contributed by atoms with van der Waals surface area (Å²) in [5, 5.41) is 18.6. The fraction of sp³-hybridized carbons (Fsp3) is 0.818. The van der Waals surface area contributed by atoms with E-state index in [1.165, 1.54) is 0 Å². The van der Waals surface area contributed by atoms with Crippen LogP contribution in [-0.4, -0.2) is 45.4 Å². The minimum absolute atomic E-state index is 0.146. The molecule has 17 heavy (non-hydrogen) atoms. The van der Waals surface area contributed by atoms with Gasteiger partial charge in [-0.25, -0.2) is 14.0 Å². The highest BCUT2D eigenvalue weighted by Gasteiger charge is 2.60. The van der Waals surface area contributed by atoms with Gasteiger partial charge in [0.2, 0.25) is 0 Å². The highest BCUT2D eigenvalue weighted by atomic mass is 19.1. The largest absolute Gasteiger partial charge is 0.479 e. The van der Waals surface area contributed by atoms with E-state index in [9.17, 15) is 19.1 Å². The number of aliphatic carboxylic acids is 1. The van der Waals surface area contributed by atoms with Gasteiger partial charge in [-0.1, -0.05) is 20.8 Å². The molecule has 1 fully saturated rings. The second kappa shape index (κ2) is 4.16. The Bertz CT molecular complexity index is 339. The molecule has 0 bridgehead atoms. The highest BCUT2D eigenvalue weighted by molar-refractivity contribution is 5.86. The first-order valence-electron chi connectivity index (χ1n) is 5.50. The topological polar surface area (TPSA) is 77.8 Å². The highest BCUT2D eigenvalue weighted by Crippen LogP contribution is 2.46. The Balaban J connectivity index is 3.32. The lowest BCUT2D eigenvalue weighted by atomic mass is 9.72. The number of carbonyl (C=O) groups is 2. The van der Waals surface area contributed by atoms with Crippen LogP contribution in [0.3, 0.4) is 0 Å². The lowest BCUT2D eigenvalue weighted by molar-refractivity contribution is -0.157. The summed E-state index contributed by atoms with van der Waals surface area (Å²) in [7, 11) is 0. The van der Waals surface area contributed by atoms with E-state index in [0.717, 1.165) is 4.90 Å². The van der Waals surface area contributed by atoms with Crippen molar-refractivity contribution in [3.8, 4) is 0 Å². The molecular weight excluding hydrogens is 229 g/mol. The van der Waals surface area contributed by atoms with E-state index < -0.39 is 35.7 Å². The van der Waals surface area contributed by atoms with Crippen molar-refractivity contribution in [3.63, 3.8) is 0 Å². The van der Waals surface area contributed by atoms with Gasteiger partial charge in [-0.2, -0.15) is 0 Å². The smallest absolute Gasteiger partial charge is 0.408 e. The van der Waals surface area contributed by atoms with Gasteiger partial charge in [-0.3, -0.25) is 4.90 Å². The Morgan fingerprint density at radius 3 is 2.24 bits per heavy atom. The van der Waals surface area contributed by atoms with Crippen molar-refractivity contribution in [1.82, 2.24) is 4.90 Å². The van der Waals surface area contributed by atoms with Crippen LogP contribution in [0.2, 0.25) is 0 Å². The molecule has 0 radical (unpaired) electrons. The first-order chi connectivity index (χ1) is 7.68. The molecule has 2 N–H and O–H groups in total. The lowest BCUT2D eigenvalue weighted by Gasteiger charge is -2.44. The molecule has 5 nitrogen and oxygen atoms in total. The summed E-state index contributed by atoms with van der Waals surface area (Å²) < 4.78 is 12.8. The SMILES string of the molecule is CC(C)(C)[C@]1(C(=O)O)CC[C@@H](CF)N1C(=O)O. The molecule has 1 aliphatic heterocycles. The zero-order valence-corrected chi connectivity index (χ0v) is 10.2. The van der Waals surface area contributed by atoms with Crippen LogP contribution < -0.4 is 0 Å². The predicted octanol–water partition coefficient (Wildman–Crippen LogP) is 1.97. The number of likely N-dealkylation sites (tertiary alicyclic amines) is 1. The summed E-state index contributed by atoms with van der Waals surface area (Å²) in [5.74, 6) is -1.21. The van der Waals surface area contributed by atoms with E-state index >= 15 is 0 Å². The van der Waals surface area contributed by atoms with Gasteiger partial charge in [0.25, 0.3) is 0 Å². The van der Waals surface area contributed by atoms with Gasteiger partial charge < -0.3 is 10.2 Å². The molecule has 1 saturated heterocycles. The Labute approximate surface area is 99.2 Å². The third-order valence-corrected chi connectivity index (χ3v) is 3.59. The average molecular weight is 247 g/mol. The number of carboxylic acids is 1. The molecular formula is C11H18FNO4. The molecule has 0 aromatic heterocycles. The Morgan fingerprint density at radius 1 is 1.41 bits per heavy atom. The molecule has 1 heterocycles. The lowest BCUT2D eigenvalue weighted by Crippen LogP contribution is -2.62. The van der Waals surface area contributed by atoms with Gasteiger partial charge in [0, 0.05) is 0 Å². The summed E-state index contributed by atoms with van der Waals surface area (Å²) >= 11 is 0. The maximum Gasteiger partial charge on any atom is 0.408 e. The van der Waals surface area contributed by atoms with Gasteiger partial charge in [0.1, 0.15) is 12.2 Å². The van der Waals surface area contributed by atoms with Crippen LogP contribution in [0.1, 0.15) is 33.6 Å². The fourth-order valence-corrected chi connectivity index (χ4v) is 2.67. The quantitative estimate of drug-likeness (QED) is 0.782. The second-order valence-corrected chi connectivity index (χ2v) is 5.41. The molecule has 6 heteroatoms.